The molecule has 1 nitrogen and oxygen atoms in total. The molecule has 0 aliphatic carbocycles. The molecule has 0 aliphatic rings. The van der Waals surface area contributed by atoms with Crippen molar-refractivity contribution in [3.63, 3.8) is 0 Å². The van der Waals surface area contributed by atoms with E-state index in [2.05, 4.69) is 169 Å². The summed E-state index contributed by atoms with van der Waals surface area (Å²) in [6.45, 7) is 0. The summed E-state index contributed by atoms with van der Waals surface area (Å²) in [6, 6.07) is 58.6. The number of anilines is 3. The van der Waals surface area contributed by atoms with Crippen molar-refractivity contribution in [3.05, 3.63) is 164 Å². The summed E-state index contributed by atoms with van der Waals surface area (Å²) in [4.78, 5) is 2.42. The van der Waals surface area contributed by atoms with Crippen LogP contribution >= 0.6 is 0 Å². The molecular formula is C38H27N. The van der Waals surface area contributed by atoms with E-state index in [0.29, 0.717) is 0 Å². The Labute approximate surface area is 229 Å². The van der Waals surface area contributed by atoms with E-state index in [9.17, 15) is 0 Å². The largest absolute Gasteiger partial charge is 0.309 e. The molecular weight excluding hydrogens is 470 g/mol. The second-order valence-corrected chi connectivity index (χ2v) is 9.76. The normalized spacial score (nSPS) is 11.1. The zero-order chi connectivity index (χ0) is 26.0. The van der Waals surface area contributed by atoms with Crippen molar-refractivity contribution in [2.45, 2.75) is 0 Å². The maximum Gasteiger partial charge on any atom is 0.0624 e. The maximum atomic E-state index is 2.42. The smallest absolute Gasteiger partial charge is 0.0624 e. The lowest BCUT2D eigenvalue weighted by Gasteiger charge is -2.30. The summed E-state index contributed by atoms with van der Waals surface area (Å²) >= 11 is 0. The SMILES string of the molecule is c1ccc(-c2ccc(N(c3ccccc3)c3c(-c4ccccc4)c4ccccc4c4ccccc34)cc2)cc1. The molecule has 39 heavy (non-hydrogen) atoms. The molecule has 0 unspecified atom stereocenters. The summed E-state index contributed by atoms with van der Waals surface area (Å²) in [7, 11) is 0. The number of fused-ring (bicyclic) bond motifs is 3. The molecule has 184 valence electrons. The molecule has 7 rings (SSSR count). The summed E-state index contributed by atoms with van der Waals surface area (Å²) in [5.41, 5.74) is 8.31. The van der Waals surface area contributed by atoms with Gasteiger partial charge in [0, 0.05) is 22.3 Å². The number of para-hydroxylation sites is 1. The monoisotopic (exact) mass is 497 g/mol. The van der Waals surface area contributed by atoms with Crippen LogP contribution in [0.2, 0.25) is 0 Å². The van der Waals surface area contributed by atoms with Gasteiger partial charge in [-0.1, -0.05) is 140 Å². The number of nitrogens with zero attached hydrogens (tertiary/aromatic N) is 1. The Morgan fingerprint density at radius 1 is 0.282 bits per heavy atom. The van der Waals surface area contributed by atoms with Crippen LogP contribution in [-0.2, 0) is 0 Å². The Balaban J connectivity index is 1.57. The van der Waals surface area contributed by atoms with E-state index < -0.39 is 0 Å². The zero-order valence-electron chi connectivity index (χ0n) is 21.5. The van der Waals surface area contributed by atoms with Crippen molar-refractivity contribution in [2.24, 2.45) is 0 Å². The minimum absolute atomic E-state index is 1.12. The van der Waals surface area contributed by atoms with E-state index in [1.807, 2.05) is 0 Å². The molecule has 0 N–H and O–H groups in total. The maximum absolute atomic E-state index is 2.42. The fourth-order valence-corrected chi connectivity index (χ4v) is 5.67. The lowest BCUT2D eigenvalue weighted by molar-refractivity contribution is 1.30. The molecule has 0 aliphatic heterocycles. The predicted molar refractivity (Wildman–Crippen MR) is 167 cm³/mol. The van der Waals surface area contributed by atoms with Crippen LogP contribution in [0.4, 0.5) is 17.1 Å². The highest BCUT2D eigenvalue weighted by atomic mass is 15.1. The fraction of sp³-hybridized carbons (Fsp3) is 0. The first-order chi connectivity index (χ1) is 19.4. The van der Waals surface area contributed by atoms with Gasteiger partial charge in [-0.3, -0.25) is 0 Å². The average molecular weight is 498 g/mol. The van der Waals surface area contributed by atoms with Crippen LogP contribution in [0.5, 0.6) is 0 Å². The Morgan fingerprint density at radius 2 is 0.692 bits per heavy atom. The number of benzene rings is 7. The van der Waals surface area contributed by atoms with Gasteiger partial charge < -0.3 is 4.90 Å². The first-order valence-electron chi connectivity index (χ1n) is 13.4. The first kappa shape index (κ1) is 23.0. The van der Waals surface area contributed by atoms with Crippen LogP contribution in [0, 0.1) is 0 Å². The van der Waals surface area contributed by atoms with Crippen molar-refractivity contribution in [2.75, 3.05) is 4.90 Å². The van der Waals surface area contributed by atoms with Crippen molar-refractivity contribution >= 4 is 38.6 Å². The molecule has 0 spiro atoms. The minimum Gasteiger partial charge on any atom is -0.309 e. The molecule has 7 aromatic rings. The molecule has 0 radical (unpaired) electrons. The quantitative estimate of drug-likeness (QED) is 0.214. The van der Waals surface area contributed by atoms with E-state index in [0.717, 1.165) is 11.4 Å². The molecule has 0 aromatic heterocycles. The third-order valence-electron chi connectivity index (χ3n) is 7.44. The van der Waals surface area contributed by atoms with Crippen LogP contribution < -0.4 is 4.90 Å². The Morgan fingerprint density at radius 3 is 1.31 bits per heavy atom. The van der Waals surface area contributed by atoms with Gasteiger partial charge in [-0.05, 0) is 57.1 Å². The van der Waals surface area contributed by atoms with Crippen molar-refractivity contribution in [3.8, 4) is 22.3 Å². The van der Waals surface area contributed by atoms with E-state index in [1.54, 1.807) is 0 Å². The highest BCUT2D eigenvalue weighted by Crippen LogP contribution is 2.49. The molecule has 0 bridgehead atoms. The average Bonchev–Trinajstić information content (AvgIpc) is 3.03. The Hall–Kier alpha value is -5.14. The second kappa shape index (κ2) is 9.96. The van der Waals surface area contributed by atoms with Crippen LogP contribution in [0.15, 0.2) is 164 Å². The van der Waals surface area contributed by atoms with Crippen molar-refractivity contribution < 1.29 is 0 Å². The lowest BCUT2D eigenvalue weighted by Crippen LogP contribution is -2.12. The number of hydrogen-bond donors (Lipinski definition) is 0. The van der Waals surface area contributed by atoms with Crippen molar-refractivity contribution in [1.29, 1.82) is 0 Å². The first-order valence-corrected chi connectivity index (χ1v) is 13.4. The van der Waals surface area contributed by atoms with Gasteiger partial charge in [-0.25, -0.2) is 0 Å². The van der Waals surface area contributed by atoms with Gasteiger partial charge in [0.15, 0.2) is 0 Å². The molecule has 0 fully saturated rings. The second-order valence-electron chi connectivity index (χ2n) is 9.76. The van der Waals surface area contributed by atoms with Crippen LogP contribution in [-0.4, -0.2) is 0 Å². The summed E-state index contributed by atoms with van der Waals surface area (Å²) in [5.74, 6) is 0. The summed E-state index contributed by atoms with van der Waals surface area (Å²) in [5, 5.41) is 5.00. The number of hydrogen-bond acceptors (Lipinski definition) is 1. The summed E-state index contributed by atoms with van der Waals surface area (Å²) < 4.78 is 0. The van der Waals surface area contributed by atoms with Gasteiger partial charge >= 0.3 is 0 Å². The third kappa shape index (κ3) is 4.15. The third-order valence-corrected chi connectivity index (χ3v) is 7.44. The van der Waals surface area contributed by atoms with Crippen LogP contribution in [0.1, 0.15) is 0 Å². The van der Waals surface area contributed by atoms with Crippen molar-refractivity contribution in [1.82, 2.24) is 0 Å². The van der Waals surface area contributed by atoms with Gasteiger partial charge in [-0.15, -0.1) is 0 Å². The van der Waals surface area contributed by atoms with Gasteiger partial charge in [0.05, 0.1) is 5.69 Å². The lowest BCUT2D eigenvalue weighted by atomic mass is 9.90. The number of rotatable bonds is 5. The van der Waals surface area contributed by atoms with E-state index >= 15 is 0 Å². The van der Waals surface area contributed by atoms with Gasteiger partial charge in [0.2, 0.25) is 0 Å². The van der Waals surface area contributed by atoms with Gasteiger partial charge in [0.1, 0.15) is 0 Å². The molecule has 0 saturated heterocycles. The van der Waals surface area contributed by atoms with Gasteiger partial charge in [-0.2, -0.15) is 0 Å². The highest BCUT2D eigenvalue weighted by molar-refractivity contribution is 6.22. The molecule has 0 atom stereocenters. The van der Waals surface area contributed by atoms with Crippen LogP contribution in [0.25, 0.3) is 43.8 Å². The molecule has 0 saturated carbocycles. The van der Waals surface area contributed by atoms with E-state index in [1.165, 1.54) is 49.5 Å². The zero-order valence-corrected chi connectivity index (χ0v) is 21.5. The molecule has 0 heterocycles. The van der Waals surface area contributed by atoms with E-state index in [-0.39, 0.29) is 0 Å². The molecule has 7 aromatic carbocycles. The standard InChI is InChI=1S/C38H27N/c1-4-14-28(15-5-1)29-24-26-32(27-25-29)39(31-18-8-3-9-19-31)38-36-23-13-11-21-34(36)33-20-10-12-22-35(33)37(38)30-16-6-2-7-17-30/h1-27H. The fourth-order valence-electron chi connectivity index (χ4n) is 5.67. The summed E-state index contributed by atoms with van der Waals surface area (Å²) in [6.07, 6.45) is 0. The van der Waals surface area contributed by atoms with E-state index in [4.69, 9.17) is 0 Å². The highest BCUT2D eigenvalue weighted by Gasteiger charge is 2.23. The van der Waals surface area contributed by atoms with Crippen LogP contribution in [0.3, 0.4) is 0 Å². The predicted octanol–water partition coefficient (Wildman–Crippen LogP) is 10.8. The molecule has 0 amide bonds. The van der Waals surface area contributed by atoms with Gasteiger partial charge in [0.25, 0.3) is 0 Å². The molecule has 1 heteroatoms. The Kier molecular flexibility index (Phi) is 5.88. The topological polar surface area (TPSA) is 3.24 Å². The Bertz CT molecular complexity index is 1870. The minimum atomic E-state index is 1.12.